The lowest BCUT2D eigenvalue weighted by Gasteiger charge is -2.26. The Morgan fingerprint density at radius 3 is 2.50 bits per heavy atom. The molecule has 1 nitrogen and oxygen atoms in total. The molecule has 0 N–H and O–H groups in total. The molecule has 3 aliphatic rings. The molecule has 0 radical (unpaired) electrons. The van der Waals surface area contributed by atoms with Crippen molar-refractivity contribution in [3.63, 3.8) is 0 Å². The second-order valence-electron chi connectivity index (χ2n) is 5.68. The van der Waals surface area contributed by atoms with Crippen LogP contribution in [0.5, 0.6) is 0 Å². The van der Waals surface area contributed by atoms with Crippen LogP contribution in [0, 0.1) is 11.8 Å². The standard InChI is InChI=1S/C13H22O/c1-2-5-11(6-3-1)9-12-7-4-8-13(12)10-14-13/h11-12H,1-10H2. The maximum absolute atomic E-state index is 5.71. The van der Waals surface area contributed by atoms with Crippen molar-refractivity contribution in [3.05, 3.63) is 0 Å². The van der Waals surface area contributed by atoms with Crippen LogP contribution in [-0.4, -0.2) is 12.2 Å². The Morgan fingerprint density at radius 1 is 1.00 bits per heavy atom. The van der Waals surface area contributed by atoms with Crippen molar-refractivity contribution >= 4 is 0 Å². The molecule has 14 heavy (non-hydrogen) atoms. The lowest BCUT2D eigenvalue weighted by Crippen LogP contribution is -2.21. The van der Waals surface area contributed by atoms with Crippen molar-refractivity contribution in [2.24, 2.45) is 11.8 Å². The summed E-state index contributed by atoms with van der Waals surface area (Å²) in [6, 6.07) is 0. The summed E-state index contributed by atoms with van der Waals surface area (Å²) in [6.45, 7) is 1.09. The Bertz CT molecular complexity index is 201. The second-order valence-corrected chi connectivity index (χ2v) is 5.68. The van der Waals surface area contributed by atoms with E-state index in [1.165, 1.54) is 57.8 Å². The van der Waals surface area contributed by atoms with Gasteiger partial charge in [-0.25, -0.2) is 0 Å². The molecule has 0 amide bonds. The molecule has 3 fully saturated rings. The molecule has 2 unspecified atom stereocenters. The summed E-state index contributed by atoms with van der Waals surface area (Å²) in [4.78, 5) is 0. The van der Waals surface area contributed by atoms with Crippen molar-refractivity contribution in [2.75, 3.05) is 6.61 Å². The summed E-state index contributed by atoms with van der Waals surface area (Å²) in [5, 5.41) is 0. The third-order valence-electron chi connectivity index (χ3n) is 4.75. The molecule has 2 atom stereocenters. The smallest absolute Gasteiger partial charge is 0.0944 e. The van der Waals surface area contributed by atoms with Gasteiger partial charge >= 0.3 is 0 Å². The SMILES string of the molecule is C1CCC(CC2CCCC23CO3)CC1. The fourth-order valence-electron chi connectivity index (χ4n) is 3.75. The zero-order valence-corrected chi connectivity index (χ0v) is 9.13. The Hall–Kier alpha value is -0.0400. The maximum atomic E-state index is 5.71. The first-order chi connectivity index (χ1) is 6.89. The summed E-state index contributed by atoms with van der Waals surface area (Å²) >= 11 is 0. The number of hydrogen-bond donors (Lipinski definition) is 0. The van der Waals surface area contributed by atoms with Gasteiger partial charge in [0.2, 0.25) is 0 Å². The van der Waals surface area contributed by atoms with Crippen molar-refractivity contribution in [1.29, 1.82) is 0 Å². The van der Waals surface area contributed by atoms with E-state index < -0.39 is 0 Å². The molecule has 1 heteroatoms. The van der Waals surface area contributed by atoms with Crippen molar-refractivity contribution in [3.8, 4) is 0 Å². The lowest BCUT2D eigenvalue weighted by molar-refractivity contribution is 0.197. The van der Waals surface area contributed by atoms with Crippen LogP contribution in [0.4, 0.5) is 0 Å². The molecule has 0 aromatic rings. The van der Waals surface area contributed by atoms with E-state index in [-0.39, 0.29) is 0 Å². The van der Waals surface area contributed by atoms with Crippen LogP contribution in [0.15, 0.2) is 0 Å². The monoisotopic (exact) mass is 194 g/mol. The van der Waals surface area contributed by atoms with Gasteiger partial charge in [0.1, 0.15) is 0 Å². The molecular formula is C13H22O. The van der Waals surface area contributed by atoms with Gasteiger partial charge in [0.05, 0.1) is 12.2 Å². The zero-order valence-electron chi connectivity index (χ0n) is 9.13. The van der Waals surface area contributed by atoms with Crippen LogP contribution in [0.2, 0.25) is 0 Å². The molecule has 1 spiro atoms. The molecule has 0 bridgehead atoms. The molecular weight excluding hydrogens is 172 g/mol. The van der Waals surface area contributed by atoms with E-state index in [0.29, 0.717) is 5.60 Å². The Morgan fingerprint density at radius 2 is 1.79 bits per heavy atom. The fraction of sp³-hybridized carbons (Fsp3) is 1.00. The van der Waals surface area contributed by atoms with Crippen LogP contribution in [0.25, 0.3) is 0 Å². The van der Waals surface area contributed by atoms with Gasteiger partial charge in [-0.2, -0.15) is 0 Å². The molecule has 2 saturated carbocycles. The van der Waals surface area contributed by atoms with Crippen LogP contribution in [0.3, 0.4) is 0 Å². The largest absolute Gasteiger partial charge is 0.369 e. The first kappa shape index (κ1) is 9.21. The van der Waals surface area contributed by atoms with Gasteiger partial charge < -0.3 is 4.74 Å². The van der Waals surface area contributed by atoms with E-state index in [1.807, 2.05) is 0 Å². The molecule has 1 heterocycles. The third-order valence-corrected chi connectivity index (χ3v) is 4.75. The van der Waals surface area contributed by atoms with Crippen molar-refractivity contribution in [1.82, 2.24) is 0 Å². The fourth-order valence-corrected chi connectivity index (χ4v) is 3.75. The first-order valence-electron chi connectivity index (χ1n) is 6.53. The molecule has 2 aliphatic carbocycles. The van der Waals surface area contributed by atoms with Crippen molar-refractivity contribution < 1.29 is 4.74 Å². The van der Waals surface area contributed by atoms with E-state index in [0.717, 1.165) is 18.4 Å². The van der Waals surface area contributed by atoms with Crippen LogP contribution in [0.1, 0.15) is 57.8 Å². The number of rotatable bonds is 2. The molecule has 1 aliphatic heterocycles. The van der Waals surface area contributed by atoms with Gasteiger partial charge in [0.25, 0.3) is 0 Å². The Balaban J connectivity index is 1.55. The highest BCUT2D eigenvalue weighted by molar-refractivity contribution is 5.02. The quantitative estimate of drug-likeness (QED) is 0.613. The summed E-state index contributed by atoms with van der Waals surface area (Å²) in [6.07, 6.45) is 13.2. The number of epoxide rings is 1. The van der Waals surface area contributed by atoms with Crippen LogP contribution < -0.4 is 0 Å². The van der Waals surface area contributed by atoms with Gasteiger partial charge in [-0.05, 0) is 31.1 Å². The topological polar surface area (TPSA) is 12.5 Å². The normalized spacial score (nSPS) is 43.3. The van der Waals surface area contributed by atoms with Gasteiger partial charge in [0, 0.05) is 0 Å². The van der Waals surface area contributed by atoms with E-state index in [9.17, 15) is 0 Å². The minimum absolute atomic E-state index is 0.414. The highest BCUT2D eigenvalue weighted by atomic mass is 16.6. The van der Waals surface area contributed by atoms with Gasteiger partial charge in [-0.1, -0.05) is 38.5 Å². The maximum Gasteiger partial charge on any atom is 0.0944 e. The van der Waals surface area contributed by atoms with Gasteiger partial charge in [-0.3, -0.25) is 0 Å². The Kier molecular flexibility index (Phi) is 2.31. The minimum atomic E-state index is 0.414. The zero-order chi connectivity index (χ0) is 9.43. The third kappa shape index (κ3) is 1.60. The van der Waals surface area contributed by atoms with Crippen LogP contribution >= 0.6 is 0 Å². The van der Waals surface area contributed by atoms with Crippen LogP contribution in [-0.2, 0) is 4.74 Å². The van der Waals surface area contributed by atoms with E-state index in [4.69, 9.17) is 4.74 Å². The van der Waals surface area contributed by atoms with Gasteiger partial charge in [0.15, 0.2) is 0 Å². The highest BCUT2D eigenvalue weighted by Crippen LogP contribution is 2.51. The summed E-state index contributed by atoms with van der Waals surface area (Å²) < 4.78 is 5.71. The molecule has 80 valence electrons. The number of ether oxygens (including phenoxy) is 1. The predicted molar refractivity (Wildman–Crippen MR) is 57.2 cm³/mol. The number of hydrogen-bond acceptors (Lipinski definition) is 1. The predicted octanol–water partition coefficient (Wildman–Crippen LogP) is 3.53. The minimum Gasteiger partial charge on any atom is -0.369 e. The van der Waals surface area contributed by atoms with Crippen molar-refractivity contribution in [2.45, 2.75) is 63.4 Å². The first-order valence-corrected chi connectivity index (χ1v) is 6.53. The summed E-state index contributed by atoms with van der Waals surface area (Å²) in [5.41, 5.74) is 0.414. The molecule has 0 aromatic carbocycles. The average Bonchev–Trinajstić information content (AvgIpc) is 2.89. The van der Waals surface area contributed by atoms with Gasteiger partial charge in [-0.15, -0.1) is 0 Å². The summed E-state index contributed by atoms with van der Waals surface area (Å²) in [5.74, 6) is 1.98. The highest BCUT2D eigenvalue weighted by Gasteiger charge is 2.54. The second kappa shape index (κ2) is 3.52. The molecule has 0 aromatic heterocycles. The van der Waals surface area contributed by atoms with E-state index >= 15 is 0 Å². The average molecular weight is 194 g/mol. The Labute approximate surface area is 87.2 Å². The molecule has 3 rings (SSSR count). The van der Waals surface area contributed by atoms with E-state index in [1.54, 1.807) is 0 Å². The summed E-state index contributed by atoms with van der Waals surface area (Å²) in [7, 11) is 0. The lowest BCUT2D eigenvalue weighted by atomic mass is 9.79. The molecule has 1 saturated heterocycles. The van der Waals surface area contributed by atoms with E-state index in [2.05, 4.69) is 0 Å².